The molecule has 114 valence electrons. The summed E-state index contributed by atoms with van der Waals surface area (Å²) in [5, 5.41) is 5.94. The predicted molar refractivity (Wildman–Crippen MR) is 92.8 cm³/mol. The number of nitrogens with one attached hydrogen (secondary N) is 1. The molecule has 0 saturated heterocycles. The van der Waals surface area contributed by atoms with Crippen LogP contribution in [0.5, 0.6) is 0 Å². The van der Waals surface area contributed by atoms with Gasteiger partial charge in [0.2, 0.25) is 0 Å². The molecule has 0 spiro atoms. The van der Waals surface area contributed by atoms with Crippen molar-refractivity contribution >= 4 is 34.5 Å². The Hall–Kier alpha value is -0.610. The summed E-state index contributed by atoms with van der Waals surface area (Å²) in [6.07, 6.45) is 2.79. The molecule has 21 heavy (non-hydrogen) atoms. The zero-order valence-electron chi connectivity index (χ0n) is 12.4. The van der Waals surface area contributed by atoms with Crippen LogP contribution >= 0.6 is 34.5 Å². The van der Waals surface area contributed by atoms with Gasteiger partial charge in [0.15, 0.2) is 0 Å². The van der Waals surface area contributed by atoms with Crippen LogP contribution < -0.4 is 5.32 Å². The van der Waals surface area contributed by atoms with E-state index in [1.165, 1.54) is 10.6 Å². The van der Waals surface area contributed by atoms with E-state index in [0.29, 0.717) is 16.5 Å². The lowest BCUT2D eigenvalue weighted by atomic mass is 10.1. The number of nitrogens with zero attached hydrogens (tertiary/aromatic N) is 1. The second-order valence-electron chi connectivity index (χ2n) is 4.88. The van der Waals surface area contributed by atoms with Crippen LogP contribution in [0.3, 0.4) is 0 Å². The van der Waals surface area contributed by atoms with Crippen molar-refractivity contribution in [2.24, 2.45) is 0 Å². The lowest BCUT2D eigenvalue weighted by molar-refractivity contribution is 0.676. The molecule has 2 nitrogen and oxygen atoms in total. The van der Waals surface area contributed by atoms with E-state index >= 15 is 0 Å². The van der Waals surface area contributed by atoms with Crippen molar-refractivity contribution < 1.29 is 0 Å². The highest BCUT2D eigenvalue weighted by atomic mass is 35.5. The summed E-state index contributed by atoms with van der Waals surface area (Å²) < 4.78 is 0. The van der Waals surface area contributed by atoms with Gasteiger partial charge in [0.05, 0.1) is 10.7 Å². The number of aromatic nitrogens is 1. The van der Waals surface area contributed by atoms with Crippen LogP contribution in [0, 0.1) is 0 Å². The van der Waals surface area contributed by atoms with Gasteiger partial charge in [-0.1, -0.05) is 43.1 Å². The molecule has 1 aromatic carbocycles. The first kappa shape index (κ1) is 16.8. The van der Waals surface area contributed by atoms with Crippen LogP contribution in [0.25, 0.3) is 0 Å². The molecule has 0 fully saturated rings. The van der Waals surface area contributed by atoms with Crippen molar-refractivity contribution in [1.29, 1.82) is 0 Å². The van der Waals surface area contributed by atoms with E-state index in [4.69, 9.17) is 28.2 Å². The topological polar surface area (TPSA) is 24.9 Å². The molecule has 1 N–H and O–H groups in total. The van der Waals surface area contributed by atoms with E-state index in [1.807, 2.05) is 18.2 Å². The van der Waals surface area contributed by atoms with Gasteiger partial charge in [-0.25, -0.2) is 4.98 Å². The Labute approximate surface area is 140 Å². The summed E-state index contributed by atoms with van der Waals surface area (Å²) in [5.41, 5.74) is 2.15. The van der Waals surface area contributed by atoms with Crippen LogP contribution in [0.15, 0.2) is 18.2 Å². The number of aryl methyl sites for hydroxylation is 1. The van der Waals surface area contributed by atoms with Crippen molar-refractivity contribution in [3.05, 3.63) is 49.4 Å². The zero-order valence-corrected chi connectivity index (χ0v) is 14.7. The van der Waals surface area contributed by atoms with Crippen LogP contribution in [-0.4, -0.2) is 11.5 Å². The van der Waals surface area contributed by atoms with Gasteiger partial charge in [-0.05, 0) is 37.1 Å². The minimum absolute atomic E-state index is 0.698. The molecule has 1 heterocycles. The second-order valence-corrected chi connectivity index (χ2v) is 6.87. The predicted octanol–water partition coefficient (Wildman–Crippen LogP) is 5.10. The maximum absolute atomic E-state index is 6.24. The van der Waals surface area contributed by atoms with Crippen molar-refractivity contribution in [3.8, 4) is 0 Å². The van der Waals surface area contributed by atoms with Gasteiger partial charge in [-0.2, -0.15) is 0 Å². The quantitative estimate of drug-likeness (QED) is 0.707. The smallest absolute Gasteiger partial charge is 0.0976 e. The Kier molecular flexibility index (Phi) is 6.49. The molecule has 0 unspecified atom stereocenters. The molecule has 0 radical (unpaired) electrons. The maximum atomic E-state index is 6.24. The SMILES string of the molecule is CCCNCc1sc(Cc2c(Cl)cccc2Cl)nc1CC. The fourth-order valence-electron chi connectivity index (χ4n) is 2.16. The zero-order chi connectivity index (χ0) is 15.2. The van der Waals surface area contributed by atoms with Gasteiger partial charge in [0.1, 0.15) is 0 Å². The van der Waals surface area contributed by atoms with E-state index in [2.05, 4.69) is 19.2 Å². The third kappa shape index (κ3) is 4.43. The average Bonchev–Trinajstić information content (AvgIpc) is 2.85. The van der Waals surface area contributed by atoms with Crippen molar-refractivity contribution in [3.63, 3.8) is 0 Å². The molecule has 0 atom stereocenters. The monoisotopic (exact) mass is 342 g/mol. The molecular weight excluding hydrogens is 323 g/mol. The number of hydrogen-bond donors (Lipinski definition) is 1. The number of hydrogen-bond acceptors (Lipinski definition) is 3. The van der Waals surface area contributed by atoms with E-state index in [1.54, 1.807) is 11.3 Å². The molecule has 0 bridgehead atoms. The number of rotatable bonds is 7. The van der Waals surface area contributed by atoms with Crippen molar-refractivity contribution in [2.75, 3.05) is 6.54 Å². The van der Waals surface area contributed by atoms with Crippen LogP contribution in [-0.2, 0) is 19.4 Å². The third-order valence-corrected chi connectivity index (χ3v) is 5.07. The standard InChI is InChI=1S/C16H20Cl2N2S/c1-3-8-19-10-15-14(4-2)20-16(21-15)9-11-12(17)6-5-7-13(11)18/h5-7,19H,3-4,8-10H2,1-2H3. The Morgan fingerprint density at radius 2 is 1.90 bits per heavy atom. The van der Waals surface area contributed by atoms with Gasteiger partial charge < -0.3 is 5.32 Å². The first-order valence-electron chi connectivity index (χ1n) is 7.26. The van der Waals surface area contributed by atoms with Crippen molar-refractivity contribution in [2.45, 2.75) is 39.7 Å². The minimum atomic E-state index is 0.698. The van der Waals surface area contributed by atoms with Gasteiger partial charge >= 0.3 is 0 Å². The highest BCUT2D eigenvalue weighted by Crippen LogP contribution is 2.29. The third-order valence-electron chi connectivity index (χ3n) is 3.26. The number of benzene rings is 1. The van der Waals surface area contributed by atoms with Gasteiger partial charge in [-0.15, -0.1) is 11.3 Å². The van der Waals surface area contributed by atoms with E-state index < -0.39 is 0 Å². The largest absolute Gasteiger partial charge is 0.312 e. The summed E-state index contributed by atoms with van der Waals surface area (Å²) in [7, 11) is 0. The molecule has 2 rings (SSSR count). The Bertz CT molecular complexity index is 576. The summed E-state index contributed by atoms with van der Waals surface area (Å²) in [6, 6.07) is 5.62. The maximum Gasteiger partial charge on any atom is 0.0976 e. The number of halogens is 2. The summed E-state index contributed by atoms with van der Waals surface area (Å²) in [5.74, 6) is 0. The van der Waals surface area contributed by atoms with Crippen molar-refractivity contribution in [1.82, 2.24) is 10.3 Å². The van der Waals surface area contributed by atoms with E-state index in [-0.39, 0.29) is 0 Å². The molecule has 2 aromatic rings. The normalized spacial score (nSPS) is 11.0. The molecule has 0 aliphatic rings. The Balaban J connectivity index is 2.17. The lowest BCUT2D eigenvalue weighted by Crippen LogP contribution is -2.13. The van der Waals surface area contributed by atoms with Crippen LogP contribution in [0.4, 0.5) is 0 Å². The molecule has 0 aliphatic heterocycles. The van der Waals surface area contributed by atoms with E-state index in [9.17, 15) is 0 Å². The van der Waals surface area contributed by atoms with Gasteiger partial charge in [0.25, 0.3) is 0 Å². The van der Waals surface area contributed by atoms with Gasteiger partial charge in [0, 0.05) is 27.9 Å². The summed E-state index contributed by atoms with van der Waals surface area (Å²) >= 11 is 14.2. The fourth-order valence-corrected chi connectivity index (χ4v) is 3.83. The molecule has 5 heteroatoms. The molecule has 0 saturated carbocycles. The fraction of sp³-hybridized carbons (Fsp3) is 0.438. The molecule has 0 amide bonds. The second kappa shape index (κ2) is 8.14. The first-order valence-corrected chi connectivity index (χ1v) is 8.84. The first-order chi connectivity index (χ1) is 10.2. The summed E-state index contributed by atoms with van der Waals surface area (Å²) in [6.45, 7) is 6.24. The molecular formula is C16H20Cl2N2S. The Morgan fingerprint density at radius 3 is 2.52 bits per heavy atom. The van der Waals surface area contributed by atoms with Crippen LogP contribution in [0.1, 0.15) is 41.4 Å². The van der Waals surface area contributed by atoms with Gasteiger partial charge in [-0.3, -0.25) is 0 Å². The highest BCUT2D eigenvalue weighted by Gasteiger charge is 2.13. The average molecular weight is 343 g/mol. The summed E-state index contributed by atoms with van der Waals surface area (Å²) in [4.78, 5) is 6.07. The Morgan fingerprint density at radius 1 is 1.19 bits per heavy atom. The van der Waals surface area contributed by atoms with E-state index in [0.717, 1.165) is 36.5 Å². The molecule has 1 aromatic heterocycles. The lowest BCUT2D eigenvalue weighted by Gasteiger charge is -2.04. The minimum Gasteiger partial charge on any atom is -0.312 e. The number of thiazole rings is 1. The molecule has 0 aliphatic carbocycles. The highest BCUT2D eigenvalue weighted by molar-refractivity contribution is 7.11. The van der Waals surface area contributed by atoms with Crippen LogP contribution in [0.2, 0.25) is 10.0 Å².